The lowest BCUT2D eigenvalue weighted by Crippen LogP contribution is -2.53. The zero-order chi connectivity index (χ0) is 14.0. The Morgan fingerprint density at radius 2 is 1.84 bits per heavy atom. The number of aromatic nitrogens is 1. The normalized spacial score (nSPS) is 19.5. The summed E-state index contributed by atoms with van der Waals surface area (Å²) in [6.45, 7) is 12.7. The van der Waals surface area contributed by atoms with Gasteiger partial charge in [-0.25, -0.2) is 4.98 Å². The molecule has 0 amide bonds. The molecule has 0 bridgehead atoms. The van der Waals surface area contributed by atoms with Gasteiger partial charge in [0.25, 0.3) is 0 Å². The quantitative estimate of drug-likeness (QED) is 0.886. The van der Waals surface area contributed by atoms with E-state index in [0.29, 0.717) is 0 Å². The molecule has 0 saturated carbocycles. The van der Waals surface area contributed by atoms with E-state index in [-0.39, 0.29) is 5.54 Å². The minimum Gasteiger partial charge on any atom is -0.389 e. The average Bonchev–Trinajstić information content (AvgIpc) is 2.38. The van der Waals surface area contributed by atoms with Crippen molar-refractivity contribution in [3.8, 4) is 0 Å². The van der Waals surface area contributed by atoms with Crippen molar-refractivity contribution in [3.05, 3.63) is 23.9 Å². The highest BCUT2D eigenvalue weighted by Crippen LogP contribution is 2.21. The average molecular weight is 263 g/mol. The van der Waals surface area contributed by atoms with E-state index >= 15 is 0 Å². The van der Waals surface area contributed by atoms with Crippen molar-refractivity contribution in [2.45, 2.75) is 39.3 Å². The fourth-order valence-corrected chi connectivity index (χ4v) is 2.47. The number of aliphatic hydroxyl groups excluding tert-OH is 1. The van der Waals surface area contributed by atoms with Crippen molar-refractivity contribution in [1.82, 2.24) is 9.88 Å². The molecule has 2 heterocycles. The van der Waals surface area contributed by atoms with Crippen molar-refractivity contribution < 1.29 is 5.11 Å². The molecule has 1 aromatic rings. The van der Waals surface area contributed by atoms with Crippen LogP contribution in [0.5, 0.6) is 0 Å². The Labute approximate surface area is 116 Å². The maximum Gasteiger partial charge on any atom is 0.128 e. The van der Waals surface area contributed by atoms with E-state index in [2.05, 4.69) is 35.6 Å². The number of hydrogen-bond acceptors (Lipinski definition) is 4. The van der Waals surface area contributed by atoms with Crippen molar-refractivity contribution in [2.24, 2.45) is 0 Å². The van der Waals surface area contributed by atoms with Gasteiger partial charge in [0.2, 0.25) is 0 Å². The lowest BCUT2D eigenvalue weighted by molar-refractivity contribution is 0.128. The number of aliphatic hydroxyl groups is 1. The molecule has 19 heavy (non-hydrogen) atoms. The molecule has 0 radical (unpaired) electrons. The summed E-state index contributed by atoms with van der Waals surface area (Å²) in [7, 11) is 0. The Hall–Kier alpha value is -1.13. The summed E-state index contributed by atoms with van der Waals surface area (Å²) in [5.41, 5.74) is 1.17. The molecule has 1 atom stereocenters. The van der Waals surface area contributed by atoms with Crippen LogP contribution in [0, 0.1) is 0 Å². The third-order valence-electron chi connectivity index (χ3n) is 3.80. The third kappa shape index (κ3) is 3.45. The largest absolute Gasteiger partial charge is 0.389 e. The Morgan fingerprint density at radius 1 is 1.21 bits per heavy atom. The molecule has 1 saturated heterocycles. The minimum atomic E-state index is -0.433. The molecule has 0 spiro atoms. The molecule has 2 rings (SSSR count). The first kappa shape index (κ1) is 14.3. The van der Waals surface area contributed by atoms with Crippen LogP contribution in [-0.2, 0) is 0 Å². The molecule has 1 fully saturated rings. The molecule has 0 aromatic carbocycles. The van der Waals surface area contributed by atoms with Gasteiger partial charge in [0, 0.05) is 37.9 Å². The van der Waals surface area contributed by atoms with Crippen LogP contribution in [0.1, 0.15) is 39.4 Å². The second kappa shape index (κ2) is 5.47. The van der Waals surface area contributed by atoms with Crippen LogP contribution in [-0.4, -0.2) is 46.7 Å². The van der Waals surface area contributed by atoms with Gasteiger partial charge < -0.3 is 10.0 Å². The van der Waals surface area contributed by atoms with Crippen LogP contribution < -0.4 is 4.90 Å². The summed E-state index contributed by atoms with van der Waals surface area (Å²) in [6, 6.07) is 3.87. The number of rotatable bonds is 2. The van der Waals surface area contributed by atoms with Gasteiger partial charge in [0.15, 0.2) is 0 Å². The molecule has 1 aliphatic rings. The highest BCUT2D eigenvalue weighted by atomic mass is 16.3. The summed E-state index contributed by atoms with van der Waals surface area (Å²) < 4.78 is 0. The van der Waals surface area contributed by atoms with Gasteiger partial charge in [0.05, 0.1) is 6.10 Å². The molecule has 1 N–H and O–H groups in total. The maximum atomic E-state index is 9.64. The van der Waals surface area contributed by atoms with Gasteiger partial charge in [-0.1, -0.05) is 0 Å². The van der Waals surface area contributed by atoms with Crippen molar-refractivity contribution in [2.75, 3.05) is 31.1 Å². The number of piperazine rings is 1. The molecular formula is C15H25N3O. The number of pyridine rings is 1. The lowest BCUT2D eigenvalue weighted by atomic mass is 10.0. The van der Waals surface area contributed by atoms with E-state index in [1.165, 1.54) is 0 Å². The first-order chi connectivity index (χ1) is 8.88. The van der Waals surface area contributed by atoms with Crippen LogP contribution >= 0.6 is 0 Å². The monoisotopic (exact) mass is 263 g/mol. The maximum absolute atomic E-state index is 9.64. The fraction of sp³-hybridized carbons (Fsp3) is 0.667. The Morgan fingerprint density at radius 3 is 2.37 bits per heavy atom. The first-order valence-corrected chi connectivity index (χ1v) is 7.02. The van der Waals surface area contributed by atoms with Crippen LogP contribution in [0.2, 0.25) is 0 Å². The topological polar surface area (TPSA) is 39.6 Å². The lowest BCUT2D eigenvalue weighted by Gasteiger charge is -2.42. The Kier molecular flexibility index (Phi) is 4.11. The molecule has 0 aliphatic carbocycles. The number of nitrogens with zero attached hydrogens (tertiary/aromatic N) is 3. The highest BCUT2D eigenvalue weighted by Gasteiger charge is 2.26. The molecule has 1 aromatic heterocycles. The SMILES string of the molecule is CC(O)c1ccnc(N2CCN(C(C)(C)C)CC2)c1. The first-order valence-electron chi connectivity index (χ1n) is 7.02. The zero-order valence-electron chi connectivity index (χ0n) is 12.4. The highest BCUT2D eigenvalue weighted by molar-refractivity contribution is 5.42. The van der Waals surface area contributed by atoms with Gasteiger partial charge in [-0.3, -0.25) is 4.90 Å². The smallest absolute Gasteiger partial charge is 0.128 e. The Balaban J connectivity index is 2.03. The number of hydrogen-bond donors (Lipinski definition) is 1. The molecule has 1 unspecified atom stereocenters. The van der Waals surface area contributed by atoms with Gasteiger partial charge in [-0.2, -0.15) is 0 Å². The molecular weight excluding hydrogens is 238 g/mol. The predicted octanol–water partition coefficient (Wildman–Crippen LogP) is 2.06. The van der Waals surface area contributed by atoms with E-state index in [9.17, 15) is 5.11 Å². The van der Waals surface area contributed by atoms with Crippen LogP contribution in [0.15, 0.2) is 18.3 Å². The molecule has 4 nitrogen and oxygen atoms in total. The molecule has 106 valence electrons. The van der Waals surface area contributed by atoms with Gasteiger partial charge in [0.1, 0.15) is 5.82 Å². The summed E-state index contributed by atoms with van der Waals surface area (Å²) in [6.07, 6.45) is 1.35. The summed E-state index contributed by atoms with van der Waals surface area (Å²) in [5.74, 6) is 0.979. The minimum absolute atomic E-state index is 0.237. The van der Waals surface area contributed by atoms with Gasteiger partial charge in [-0.15, -0.1) is 0 Å². The predicted molar refractivity (Wildman–Crippen MR) is 78.4 cm³/mol. The fourth-order valence-electron chi connectivity index (χ4n) is 2.47. The van der Waals surface area contributed by atoms with Gasteiger partial charge >= 0.3 is 0 Å². The second-order valence-corrected chi connectivity index (χ2v) is 6.27. The van der Waals surface area contributed by atoms with Crippen LogP contribution in [0.25, 0.3) is 0 Å². The molecule has 4 heteroatoms. The van der Waals surface area contributed by atoms with Crippen molar-refractivity contribution in [1.29, 1.82) is 0 Å². The van der Waals surface area contributed by atoms with Gasteiger partial charge in [-0.05, 0) is 45.4 Å². The standard InChI is InChI=1S/C15H25N3O/c1-12(19)13-5-6-16-14(11-13)17-7-9-18(10-8-17)15(2,3)4/h5-6,11-12,19H,7-10H2,1-4H3. The Bertz CT molecular complexity index is 418. The number of anilines is 1. The summed E-state index contributed by atoms with van der Waals surface area (Å²) >= 11 is 0. The van der Waals surface area contributed by atoms with E-state index < -0.39 is 6.10 Å². The summed E-state index contributed by atoms with van der Waals surface area (Å²) in [4.78, 5) is 9.23. The third-order valence-corrected chi connectivity index (χ3v) is 3.80. The second-order valence-electron chi connectivity index (χ2n) is 6.27. The van der Waals surface area contributed by atoms with E-state index in [0.717, 1.165) is 37.6 Å². The molecule has 1 aliphatic heterocycles. The zero-order valence-corrected chi connectivity index (χ0v) is 12.4. The van der Waals surface area contributed by atoms with E-state index in [1.54, 1.807) is 13.1 Å². The van der Waals surface area contributed by atoms with Crippen molar-refractivity contribution >= 4 is 5.82 Å². The summed E-state index contributed by atoms with van der Waals surface area (Å²) in [5, 5.41) is 9.64. The van der Waals surface area contributed by atoms with E-state index in [1.807, 2.05) is 12.1 Å². The van der Waals surface area contributed by atoms with Crippen LogP contribution in [0.3, 0.4) is 0 Å². The van der Waals surface area contributed by atoms with Crippen LogP contribution in [0.4, 0.5) is 5.82 Å². The van der Waals surface area contributed by atoms with E-state index in [4.69, 9.17) is 0 Å². The van der Waals surface area contributed by atoms with Crippen molar-refractivity contribution in [3.63, 3.8) is 0 Å².